The molecule has 0 unspecified atom stereocenters. The Morgan fingerprint density at radius 2 is 2.15 bits per heavy atom. The van der Waals surface area contributed by atoms with Crippen molar-refractivity contribution in [3.8, 4) is 0 Å². The molecule has 0 aromatic heterocycles. The number of rotatable bonds is 0. The van der Waals surface area contributed by atoms with Gasteiger partial charge in [-0.2, -0.15) is 0 Å². The lowest BCUT2D eigenvalue weighted by molar-refractivity contribution is -0.125. The zero-order valence-corrected chi connectivity index (χ0v) is 7.53. The van der Waals surface area contributed by atoms with E-state index in [-0.39, 0.29) is 11.4 Å². The van der Waals surface area contributed by atoms with Crippen molar-refractivity contribution in [3.05, 3.63) is 36.0 Å². The van der Waals surface area contributed by atoms with E-state index < -0.39 is 0 Å². The van der Waals surface area contributed by atoms with Crippen LogP contribution in [0.4, 0.5) is 0 Å². The summed E-state index contributed by atoms with van der Waals surface area (Å²) in [5.41, 5.74) is 1.07. The molecule has 1 heterocycles. The molecule has 0 radical (unpaired) electrons. The van der Waals surface area contributed by atoms with Gasteiger partial charge in [0.15, 0.2) is 0 Å². The lowest BCUT2D eigenvalue weighted by Gasteiger charge is -2.41. The lowest BCUT2D eigenvalue weighted by Crippen LogP contribution is -2.46. The largest absolute Gasteiger partial charge is 0.326 e. The van der Waals surface area contributed by atoms with Crippen LogP contribution in [0.2, 0.25) is 0 Å². The molecule has 1 amide bonds. The average Bonchev–Trinajstić information content (AvgIpc) is 2.41. The second-order valence-electron chi connectivity index (χ2n) is 3.98. The molecular weight excluding hydrogens is 162 g/mol. The number of likely N-dealkylation sites (N-methyl/N-ethyl adjacent to an activating group) is 1. The molecule has 4 rings (SSSR count). The van der Waals surface area contributed by atoms with Crippen molar-refractivity contribution < 1.29 is 4.79 Å². The Bertz CT molecular complexity index is 362. The summed E-state index contributed by atoms with van der Waals surface area (Å²) in [4.78, 5) is 13.3. The highest BCUT2D eigenvalue weighted by atomic mass is 16.2. The molecule has 66 valence electrons. The van der Waals surface area contributed by atoms with E-state index in [9.17, 15) is 4.79 Å². The highest BCUT2D eigenvalue weighted by Crippen LogP contribution is 2.44. The van der Waals surface area contributed by atoms with E-state index in [4.69, 9.17) is 0 Å². The number of carbonyl (C=O) groups is 1. The van der Waals surface area contributed by atoms with Crippen molar-refractivity contribution in [1.29, 1.82) is 0 Å². The molecule has 0 atom stereocenters. The molecule has 2 bridgehead atoms. The molecule has 0 saturated heterocycles. The van der Waals surface area contributed by atoms with Crippen LogP contribution in [0.15, 0.2) is 36.0 Å². The lowest BCUT2D eigenvalue weighted by atomic mass is 9.73. The first-order chi connectivity index (χ1) is 6.22. The molecule has 1 spiro atoms. The van der Waals surface area contributed by atoms with Gasteiger partial charge in [-0.1, -0.05) is 24.3 Å². The van der Waals surface area contributed by atoms with Gasteiger partial charge in [-0.25, -0.2) is 0 Å². The van der Waals surface area contributed by atoms with Gasteiger partial charge in [0.1, 0.15) is 5.54 Å². The van der Waals surface area contributed by atoms with Crippen LogP contribution in [-0.2, 0) is 4.79 Å². The molecule has 13 heavy (non-hydrogen) atoms. The van der Waals surface area contributed by atoms with Crippen molar-refractivity contribution in [1.82, 2.24) is 4.90 Å². The molecule has 3 aliphatic carbocycles. The van der Waals surface area contributed by atoms with Gasteiger partial charge in [0, 0.05) is 13.1 Å². The van der Waals surface area contributed by atoms with E-state index in [1.807, 2.05) is 11.9 Å². The van der Waals surface area contributed by atoms with Crippen molar-refractivity contribution in [2.75, 3.05) is 7.05 Å². The van der Waals surface area contributed by atoms with Gasteiger partial charge >= 0.3 is 0 Å². The van der Waals surface area contributed by atoms with Crippen molar-refractivity contribution in [2.24, 2.45) is 5.92 Å². The van der Waals surface area contributed by atoms with Crippen molar-refractivity contribution in [2.45, 2.75) is 12.0 Å². The topological polar surface area (TPSA) is 20.3 Å². The van der Waals surface area contributed by atoms with Crippen LogP contribution < -0.4 is 0 Å². The fourth-order valence-corrected chi connectivity index (χ4v) is 2.47. The van der Waals surface area contributed by atoms with Crippen LogP contribution in [0.5, 0.6) is 0 Å². The SMILES string of the molecule is CN1C(=O)C=C2CC3C=CC21C=C3. The highest BCUT2D eigenvalue weighted by Gasteiger charge is 2.45. The average molecular weight is 173 g/mol. The molecular formula is C11H11NO. The van der Waals surface area contributed by atoms with Crippen molar-refractivity contribution >= 4 is 5.91 Å². The third kappa shape index (κ3) is 0.671. The summed E-state index contributed by atoms with van der Waals surface area (Å²) in [6.45, 7) is 0. The van der Waals surface area contributed by atoms with Crippen LogP contribution in [-0.4, -0.2) is 23.4 Å². The summed E-state index contributed by atoms with van der Waals surface area (Å²) in [6, 6.07) is 0. The minimum absolute atomic E-state index is 0.131. The van der Waals surface area contributed by atoms with Gasteiger partial charge in [0.2, 0.25) is 5.91 Å². The Hall–Kier alpha value is -1.31. The first-order valence-corrected chi connectivity index (χ1v) is 4.60. The standard InChI is InChI=1S/C11H11NO/c1-12-10(13)7-9-6-8-2-4-11(9,12)5-3-8/h2-5,7-8H,6H2,1H3. The molecule has 2 nitrogen and oxygen atoms in total. The predicted molar refractivity (Wildman–Crippen MR) is 50.0 cm³/mol. The quantitative estimate of drug-likeness (QED) is 0.505. The fourth-order valence-electron chi connectivity index (χ4n) is 2.47. The van der Waals surface area contributed by atoms with Crippen LogP contribution in [0.25, 0.3) is 0 Å². The third-order valence-corrected chi connectivity index (χ3v) is 3.35. The highest BCUT2D eigenvalue weighted by molar-refractivity contribution is 5.94. The number of hydrogen-bond acceptors (Lipinski definition) is 1. The van der Waals surface area contributed by atoms with Gasteiger partial charge < -0.3 is 4.90 Å². The summed E-state index contributed by atoms with van der Waals surface area (Å²) in [7, 11) is 1.87. The van der Waals surface area contributed by atoms with E-state index in [1.165, 1.54) is 5.57 Å². The van der Waals surface area contributed by atoms with Crippen LogP contribution in [0, 0.1) is 5.92 Å². The van der Waals surface area contributed by atoms with Gasteiger partial charge in [-0.3, -0.25) is 4.79 Å². The van der Waals surface area contributed by atoms with Gasteiger partial charge in [0.25, 0.3) is 0 Å². The van der Waals surface area contributed by atoms with Gasteiger partial charge in [-0.15, -0.1) is 0 Å². The smallest absolute Gasteiger partial charge is 0.247 e. The molecule has 0 aromatic rings. The Morgan fingerprint density at radius 3 is 2.77 bits per heavy atom. The van der Waals surface area contributed by atoms with E-state index in [1.54, 1.807) is 6.08 Å². The second kappa shape index (κ2) is 1.95. The zero-order chi connectivity index (χ0) is 9.05. The number of amides is 1. The number of nitrogens with zero attached hydrogens (tertiary/aromatic N) is 1. The van der Waals surface area contributed by atoms with Gasteiger partial charge in [-0.05, 0) is 17.9 Å². The van der Waals surface area contributed by atoms with E-state index >= 15 is 0 Å². The molecule has 0 fully saturated rings. The van der Waals surface area contributed by atoms with E-state index in [0.29, 0.717) is 5.92 Å². The second-order valence-corrected chi connectivity index (χ2v) is 3.98. The van der Waals surface area contributed by atoms with Crippen LogP contribution in [0.1, 0.15) is 6.42 Å². The number of allylic oxidation sites excluding steroid dienone is 2. The number of carbonyl (C=O) groups excluding carboxylic acids is 1. The van der Waals surface area contributed by atoms with Crippen molar-refractivity contribution in [3.63, 3.8) is 0 Å². The normalized spacial score (nSPS) is 39.8. The summed E-state index contributed by atoms with van der Waals surface area (Å²) < 4.78 is 0. The van der Waals surface area contributed by atoms with E-state index in [2.05, 4.69) is 24.3 Å². The Kier molecular flexibility index (Phi) is 1.07. The van der Waals surface area contributed by atoms with Gasteiger partial charge in [0.05, 0.1) is 0 Å². The minimum atomic E-state index is -0.189. The molecule has 0 N–H and O–H groups in total. The maximum atomic E-state index is 11.5. The first-order valence-electron chi connectivity index (χ1n) is 4.60. The van der Waals surface area contributed by atoms with Crippen LogP contribution in [0.3, 0.4) is 0 Å². The molecule has 4 aliphatic rings. The fraction of sp³-hybridized carbons (Fsp3) is 0.364. The molecule has 1 aliphatic heterocycles. The monoisotopic (exact) mass is 173 g/mol. The molecule has 0 saturated carbocycles. The maximum absolute atomic E-state index is 11.5. The van der Waals surface area contributed by atoms with Crippen LogP contribution >= 0.6 is 0 Å². The third-order valence-electron chi connectivity index (χ3n) is 3.35. The maximum Gasteiger partial charge on any atom is 0.247 e. The Morgan fingerprint density at radius 1 is 1.46 bits per heavy atom. The Labute approximate surface area is 77.2 Å². The summed E-state index contributed by atoms with van der Waals surface area (Å²) in [5.74, 6) is 0.652. The molecule has 2 heteroatoms. The predicted octanol–water partition coefficient (Wildman–Crippen LogP) is 1.27. The Balaban J connectivity index is 2.23. The zero-order valence-electron chi connectivity index (χ0n) is 7.53. The molecule has 0 aromatic carbocycles. The summed E-state index contributed by atoms with van der Waals surface area (Å²) >= 11 is 0. The summed E-state index contributed by atoms with van der Waals surface area (Å²) in [5, 5.41) is 0. The first kappa shape index (κ1) is 7.13. The van der Waals surface area contributed by atoms with E-state index in [0.717, 1.165) is 6.42 Å². The number of hydrogen-bond donors (Lipinski definition) is 0. The summed E-state index contributed by atoms with van der Waals surface area (Å²) in [6.07, 6.45) is 11.5. The minimum Gasteiger partial charge on any atom is -0.326 e.